The van der Waals surface area contributed by atoms with E-state index in [2.05, 4.69) is 26.6 Å². The van der Waals surface area contributed by atoms with E-state index in [1.165, 1.54) is 0 Å². The second kappa shape index (κ2) is 6.90. The third kappa shape index (κ3) is 4.88. The van der Waals surface area contributed by atoms with Crippen LogP contribution in [0, 0.1) is 6.92 Å². The Morgan fingerprint density at radius 2 is 2.05 bits per heavy atom. The van der Waals surface area contributed by atoms with E-state index in [0.717, 1.165) is 5.56 Å². The zero-order chi connectivity index (χ0) is 15.3. The van der Waals surface area contributed by atoms with Gasteiger partial charge in [0.05, 0.1) is 12.1 Å². The number of hydrogen-bond donors (Lipinski definition) is 4. The van der Waals surface area contributed by atoms with Crippen LogP contribution in [0.15, 0.2) is 22.7 Å². The van der Waals surface area contributed by atoms with Gasteiger partial charge in [-0.05, 0) is 40.5 Å². The van der Waals surface area contributed by atoms with E-state index >= 15 is 0 Å². The van der Waals surface area contributed by atoms with Crippen molar-refractivity contribution in [3.63, 3.8) is 0 Å². The van der Waals surface area contributed by atoms with E-state index in [1.807, 2.05) is 13.0 Å². The van der Waals surface area contributed by atoms with Gasteiger partial charge >= 0.3 is 12.0 Å². The monoisotopic (exact) mass is 343 g/mol. The number of anilines is 1. The highest BCUT2D eigenvalue weighted by Gasteiger charge is 2.22. The van der Waals surface area contributed by atoms with E-state index < -0.39 is 30.4 Å². The number of urea groups is 1. The number of amides is 3. The molecule has 0 fully saturated rings. The first-order chi connectivity index (χ1) is 9.29. The summed E-state index contributed by atoms with van der Waals surface area (Å²) in [4.78, 5) is 33.3. The molecule has 7 nitrogen and oxygen atoms in total. The predicted octanol–water partition coefficient (Wildman–Crippen LogP) is 1.21. The quantitative estimate of drug-likeness (QED) is 0.641. The number of benzene rings is 1. The number of carboxylic acid groups (broad SMARTS) is 1. The molecule has 0 aliphatic heterocycles. The fourth-order valence-corrected chi connectivity index (χ4v) is 1.80. The molecule has 1 aromatic rings. The first kappa shape index (κ1) is 16.0. The number of halogens is 1. The summed E-state index contributed by atoms with van der Waals surface area (Å²) in [5.41, 5.74) is 6.34. The van der Waals surface area contributed by atoms with Crippen LogP contribution in [0.2, 0.25) is 0 Å². The maximum atomic E-state index is 11.7. The second-order valence-corrected chi connectivity index (χ2v) is 5.00. The van der Waals surface area contributed by atoms with Gasteiger partial charge in [-0.3, -0.25) is 4.79 Å². The number of aliphatic carboxylic acids is 1. The lowest BCUT2D eigenvalue weighted by Gasteiger charge is -2.14. The number of carbonyl (C=O) groups is 3. The molecule has 0 saturated heterocycles. The van der Waals surface area contributed by atoms with Crippen molar-refractivity contribution in [2.75, 3.05) is 5.32 Å². The average Bonchev–Trinajstić information content (AvgIpc) is 2.32. The number of aryl methyl sites for hydroxylation is 1. The van der Waals surface area contributed by atoms with Gasteiger partial charge in [0, 0.05) is 4.47 Å². The SMILES string of the molecule is Cc1ccc(Br)c(NC(=O)N[C@@H](CC(N)=O)C(=O)O)c1. The first-order valence-corrected chi connectivity index (χ1v) is 6.43. The Morgan fingerprint density at radius 3 is 2.60 bits per heavy atom. The lowest BCUT2D eigenvalue weighted by Crippen LogP contribution is -2.45. The molecule has 0 unspecified atom stereocenters. The highest BCUT2D eigenvalue weighted by atomic mass is 79.9. The van der Waals surface area contributed by atoms with Gasteiger partial charge < -0.3 is 21.5 Å². The van der Waals surface area contributed by atoms with Gasteiger partial charge in [0.1, 0.15) is 6.04 Å². The molecule has 108 valence electrons. The van der Waals surface area contributed by atoms with Crippen molar-refractivity contribution in [3.8, 4) is 0 Å². The minimum absolute atomic E-state index is 0.474. The zero-order valence-corrected chi connectivity index (χ0v) is 12.2. The molecule has 0 radical (unpaired) electrons. The van der Waals surface area contributed by atoms with Crippen LogP contribution in [0.5, 0.6) is 0 Å². The third-order valence-electron chi connectivity index (χ3n) is 2.38. The topological polar surface area (TPSA) is 122 Å². The Labute approximate surface area is 123 Å². The second-order valence-electron chi connectivity index (χ2n) is 4.14. The van der Waals surface area contributed by atoms with Crippen LogP contribution in [0.25, 0.3) is 0 Å². The Balaban J connectivity index is 2.72. The molecule has 20 heavy (non-hydrogen) atoms. The highest BCUT2D eigenvalue weighted by Crippen LogP contribution is 2.23. The summed E-state index contributed by atoms with van der Waals surface area (Å²) in [5, 5.41) is 13.5. The summed E-state index contributed by atoms with van der Waals surface area (Å²) in [7, 11) is 0. The van der Waals surface area contributed by atoms with Crippen LogP contribution in [0.4, 0.5) is 10.5 Å². The van der Waals surface area contributed by atoms with Crippen LogP contribution >= 0.6 is 15.9 Å². The highest BCUT2D eigenvalue weighted by molar-refractivity contribution is 9.10. The van der Waals surface area contributed by atoms with E-state index in [0.29, 0.717) is 10.2 Å². The predicted molar refractivity (Wildman–Crippen MR) is 76.3 cm³/mol. The molecule has 0 aliphatic rings. The largest absolute Gasteiger partial charge is 0.480 e. The smallest absolute Gasteiger partial charge is 0.326 e. The summed E-state index contributed by atoms with van der Waals surface area (Å²) in [6, 6.07) is 3.22. The number of primary amides is 1. The van der Waals surface area contributed by atoms with Crippen molar-refractivity contribution in [2.24, 2.45) is 5.73 Å². The van der Waals surface area contributed by atoms with Crippen LogP contribution < -0.4 is 16.4 Å². The standard InChI is InChI=1S/C12H14BrN3O4/c1-6-2-3-7(13)8(4-6)15-12(20)16-9(11(18)19)5-10(14)17/h2-4,9H,5H2,1H3,(H2,14,17)(H,18,19)(H2,15,16,20)/t9-/m0/s1. The Kier molecular flexibility index (Phi) is 5.51. The summed E-state index contributed by atoms with van der Waals surface area (Å²) in [6.07, 6.45) is -0.474. The van der Waals surface area contributed by atoms with Crippen LogP contribution in [-0.2, 0) is 9.59 Å². The van der Waals surface area contributed by atoms with Crippen molar-refractivity contribution < 1.29 is 19.5 Å². The van der Waals surface area contributed by atoms with E-state index in [9.17, 15) is 14.4 Å². The third-order valence-corrected chi connectivity index (χ3v) is 3.07. The molecule has 0 heterocycles. The van der Waals surface area contributed by atoms with Crippen LogP contribution in [-0.4, -0.2) is 29.1 Å². The van der Waals surface area contributed by atoms with Gasteiger partial charge in [0.15, 0.2) is 0 Å². The van der Waals surface area contributed by atoms with Crippen molar-refractivity contribution in [1.29, 1.82) is 0 Å². The van der Waals surface area contributed by atoms with Gasteiger partial charge in [-0.15, -0.1) is 0 Å². The maximum Gasteiger partial charge on any atom is 0.326 e. The van der Waals surface area contributed by atoms with E-state index in [-0.39, 0.29) is 0 Å². The number of nitrogens with two attached hydrogens (primary N) is 1. The number of hydrogen-bond acceptors (Lipinski definition) is 3. The summed E-state index contributed by atoms with van der Waals surface area (Å²) in [6.45, 7) is 1.85. The van der Waals surface area contributed by atoms with Crippen molar-refractivity contribution in [1.82, 2.24) is 5.32 Å². The van der Waals surface area contributed by atoms with Crippen LogP contribution in [0.1, 0.15) is 12.0 Å². The van der Waals surface area contributed by atoms with Crippen LogP contribution in [0.3, 0.4) is 0 Å². The summed E-state index contributed by atoms with van der Waals surface area (Å²) < 4.78 is 0.653. The molecule has 3 amide bonds. The molecule has 8 heteroatoms. The molecule has 1 aromatic carbocycles. The Morgan fingerprint density at radius 1 is 1.40 bits per heavy atom. The zero-order valence-electron chi connectivity index (χ0n) is 10.6. The molecule has 5 N–H and O–H groups in total. The Bertz CT molecular complexity index is 548. The van der Waals surface area contributed by atoms with Gasteiger partial charge in [-0.25, -0.2) is 9.59 Å². The van der Waals surface area contributed by atoms with Gasteiger partial charge in [-0.2, -0.15) is 0 Å². The molecule has 0 aliphatic carbocycles. The molecular weight excluding hydrogens is 330 g/mol. The summed E-state index contributed by atoms with van der Waals surface area (Å²) in [5.74, 6) is -2.14. The molecule has 0 saturated carbocycles. The Hall–Kier alpha value is -2.09. The molecule has 0 aromatic heterocycles. The minimum atomic E-state index is -1.36. The van der Waals surface area contributed by atoms with E-state index in [1.54, 1.807) is 12.1 Å². The molecule has 0 bridgehead atoms. The number of carbonyl (C=O) groups excluding carboxylic acids is 2. The molecule has 1 rings (SSSR count). The minimum Gasteiger partial charge on any atom is -0.480 e. The molecular formula is C12H14BrN3O4. The normalized spacial score (nSPS) is 11.5. The van der Waals surface area contributed by atoms with E-state index in [4.69, 9.17) is 10.8 Å². The van der Waals surface area contributed by atoms with Crippen molar-refractivity contribution in [3.05, 3.63) is 28.2 Å². The maximum absolute atomic E-state index is 11.7. The fraction of sp³-hybridized carbons (Fsp3) is 0.250. The van der Waals surface area contributed by atoms with Gasteiger partial charge in [-0.1, -0.05) is 6.07 Å². The number of nitrogens with one attached hydrogen (secondary N) is 2. The van der Waals surface area contributed by atoms with Gasteiger partial charge in [0.2, 0.25) is 5.91 Å². The molecule has 0 spiro atoms. The van der Waals surface area contributed by atoms with Gasteiger partial charge in [0.25, 0.3) is 0 Å². The molecule has 1 atom stereocenters. The number of rotatable bonds is 5. The van der Waals surface area contributed by atoms with Crippen molar-refractivity contribution >= 4 is 39.5 Å². The fourth-order valence-electron chi connectivity index (χ4n) is 1.45. The average molecular weight is 344 g/mol. The first-order valence-electron chi connectivity index (χ1n) is 5.64. The summed E-state index contributed by atoms with van der Waals surface area (Å²) >= 11 is 3.26. The lowest BCUT2D eigenvalue weighted by molar-refractivity contribution is -0.140. The number of carboxylic acids is 1. The van der Waals surface area contributed by atoms with Crippen molar-refractivity contribution in [2.45, 2.75) is 19.4 Å². The lowest BCUT2D eigenvalue weighted by atomic mass is 10.2.